The van der Waals surface area contributed by atoms with Gasteiger partial charge in [0.1, 0.15) is 5.75 Å². The van der Waals surface area contributed by atoms with Crippen molar-refractivity contribution >= 4 is 17.6 Å². The van der Waals surface area contributed by atoms with Gasteiger partial charge in [0.2, 0.25) is 5.91 Å². The van der Waals surface area contributed by atoms with Crippen molar-refractivity contribution in [1.82, 2.24) is 0 Å². The minimum atomic E-state index is -0.831. The van der Waals surface area contributed by atoms with E-state index in [0.717, 1.165) is 25.7 Å². The molecule has 0 spiro atoms. The Balaban J connectivity index is 2.04. The van der Waals surface area contributed by atoms with Crippen LogP contribution < -0.4 is 10.1 Å². The van der Waals surface area contributed by atoms with Crippen LogP contribution >= 0.6 is 0 Å². The van der Waals surface area contributed by atoms with Crippen molar-refractivity contribution in [2.45, 2.75) is 38.5 Å². The van der Waals surface area contributed by atoms with Gasteiger partial charge >= 0.3 is 5.97 Å². The van der Waals surface area contributed by atoms with E-state index in [0.29, 0.717) is 11.4 Å². The van der Waals surface area contributed by atoms with Crippen LogP contribution in [0.1, 0.15) is 38.5 Å². The first-order chi connectivity index (χ1) is 10.0. The molecule has 21 heavy (non-hydrogen) atoms. The van der Waals surface area contributed by atoms with Crippen molar-refractivity contribution in [3.05, 3.63) is 24.3 Å². The molecule has 1 aliphatic rings. The Kier molecular flexibility index (Phi) is 4.83. The highest BCUT2D eigenvalue weighted by Gasteiger charge is 2.38. The number of carboxylic acids is 1. The lowest BCUT2D eigenvalue weighted by Crippen LogP contribution is -2.27. The fourth-order valence-corrected chi connectivity index (χ4v) is 3.14. The first-order valence-electron chi connectivity index (χ1n) is 7.19. The fraction of sp³-hybridized carbons (Fsp3) is 0.500. The van der Waals surface area contributed by atoms with Gasteiger partial charge in [0.25, 0.3) is 0 Å². The lowest BCUT2D eigenvalue weighted by Gasteiger charge is -2.26. The molecule has 1 amide bonds. The van der Waals surface area contributed by atoms with Gasteiger partial charge < -0.3 is 15.2 Å². The number of ether oxygens (including phenoxy) is 1. The van der Waals surface area contributed by atoms with E-state index in [4.69, 9.17) is 9.84 Å². The average molecular weight is 291 g/mol. The number of hydrogen-bond donors (Lipinski definition) is 2. The first kappa shape index (κ1) is 15.4. The Bertz CT molecular complexity index is 521. The van der Waals surface area contributed by atoms with Crippen LogP contribution in [-0.4, -0.2) is 24.1 Å². The van der Waals surface area contributed by atoms with Gasteiger partial charge in [-0.3, -0.25) is 9.59 Å². The number of carbonyl (C=O) groups excluding carboxylic acids is 1. The van der Waals surface area contributed by atoms with Crippen LogP contribution in [-0.2, 0) is 9.59 Å². The van der Waals surface area contributed by atoms with Crippen LogP contribution in [0.25, 0.3) is 0 Å². The number of amides is 1. The number of hydrogen-bond acceptors (Lipinski definition) is 3. The van der Waals surface area contributed by atoms with E-state index >= 15 is 0 Å². The van der Waals surface area contributed by atoms with Gasteiger partial charge in [-0.1, -0.05) is 25.0 Å². The minimum Gasteiger partial charge on any atom is -0.495 e. The first-order valence-corrected chi connectivity index (χ1v) is 7.19. The fourth-order valence-electron chi connectivity index (χ4n) is 3.14. The Morgan fingerprint density at radius 1 is 1.24 bits per heavy atom. The Hall–Kier alpha value is -2.04. The SMILES string of the molecule is COc1ccccc1NC(=O)CC1(CC(=O)O)CCCC1. The molecule has 1 fully saturated rings. The molecule has 0 unspecified atom stereocenters. The van der Waals surface area contributed by atoms with Crippen LogP contribution in [0.5, 0.6) is 5.75 Å². The standard InChI is InChI=1S/C16H21NO4/c1-21-13-7-3-2-6-12(13)17-14(18)10-16(11-15(19)20)8-4-5-9-16/h2-3,6-7H,4-5,8-11H2,1H3,(H,17,18)(H,19,20). The molecule has 0 saturated heterocycles. The van der Waals surface area contributed by atoms with E-state index in [2.05, 4.69) is 5.32 Å². The monoisotopic (exact) mass is 291 g/mol. The summed E-state index contributed by atoms with van der Waals surface area (Å²) in [5, 5.41) is 11.9. The second-order valence-electron chi connectivity index (χ2n) is 5.70. The van der Waals surface area contributed by atoms with Crippen molar-refractivity contribution in [2.24, 2.45) is 5.41 Å². The lowest BCUT2D eigenvalue weighted by molar-refractivity contribution is -0.140. The lowest BCUT2D eigenvalue weighted by atomic mass is 9.79. The molecule has 2 N–H and O–H groups in total. The molecule has 0 heterocycles. The Labute approximate surface area is 124 Å². The number of aliphatic carboxylic acids is 1. The molecular weight excluding hydrogens is 270 g/mol. The van der Waals surface area contributed by atoms with Crippen molar-refractivity contribution in [1.29, 1.82) is 0 Å². The molecule has 0 aliphatic heterocycles. The molecule has 1 saturated carbocycles. The average Bonchev–Trinajstić information content (AvgIpc) is 2.86. The number of anilines is 1. The van der Waals surface area contributed by atoms with Gasteiger partial charge in [-0.05, 0) is 30.4 Å². The predicted molar refractivity (Wildman–Crippen MR) is 79.4 cm³/mol. The zero-order valence-electron chi connectivity index (χ0n) is 12.2. The van der Waals surface area contributed by atoms with Gasteiger partial charge in [0, 0.05) is 6.42 Å². The molecular formula is C16H21NO4. The predicted octanol–water partition coefficient (Wildman–Crippen LogP) is 3.06. The quantitative estimate of drug-likeness (QED) is 0.844. The summed E-state index contributed by atoms with van der Waals surface area (Å²) in [6.07, 6.45) is 3.91. The summed E-state index contributed by atoms with van der Waals surface area (Å²) in [5.41, 5.74) is 0.228. The van der Waals surface area contributed by atoms with Crippen molar-refractivity contribution in [2.75, 3.05) is 12.4 Å². The maximum Gasteiger partial charge on any atom is 0.303 e. The summed E-state index contributed by atoms with van der Waals surface area (Å²) in [4.78, 5) is 23.3. The third-order valence-electron chi connectivity index (χ3n) is 4.11. The minimum absolute atomic E-state index is 0.0618. The van der Waals surface area contributed by atoms with Gasteiger partial charge in [0.15, 0.2) is 0 Å². The van der Waals surface area contributed by atoms with E-state index in [1.54, 1.807) is 19.2 Å². The molecule has 0 aromatic heterocycles. The smallest absolute Gasteiger partial charge is 0.303 e. The molecule has 114 valence electrons. The number of nitrogens with one attached hydrogen (secondary N) is 1. The summed E-state index contributed by atoms with van der Waals surface area (Å²) < 4.78 is 5.20. The Morgan fingerprint density at radius 2 is 1.90 bits per heavy atom. The molecule has 5 nitrogen and oxygen atoms in total. The highest BCUT2D eigenvalue weighted by atomic mass is 16.5. The zero-order chi connectivity index (χ0) is 15.3. The van der Waals surface area contributed by atoms with E-state index in [-0.39, 0.29) is 18.7 Å². The molecule has 1 aromatic carbocycles. The van der Waals surface area contributed by atoms with E-state index in [1.807, 2.05) is 12.1 Å². The summed E-state index contributed by atoms with van der Waals surface area (Å²) in [7, 11) is 1.55. The van der Waals surface area contributed by atoms with Crippen molar-refractivity contribution in [3.8, 4) is 5.75 Å². The number of methoxy groups -OCH3 is 1. The van der Waals surface area contributed by atoms with E-state index < -0.39 is 11.4 Å². The number of benzene rings is 1. The normalized spacial score (nSPS) is 16.4. The molecule has 1 aromatic rings. The maximum absolute atomic E-state index is 12.3. The molecule has 2 rings (SSSR count). The molecule has 0 bridgehead atoms. The highest BCUT2D eigenvalue weighted by Crippen LogP contribution is 2.44. The largest absolute Gasteiger partial charge is 0.495 e. The summed E-state index contributed by atoms with van der Waals surface area (Å²) >= 11 is 0. The van der Waals surface area contributed by atoms with Crippen LogP contribution in [0, 0.1) is 5.41 Å². The number of para-hydroxylation sites is 2. The number of carbonyl (C=O) groups is 2. The highest BCUT2D eigenvalue weighted by molar-refractivity contribution is 5.93. The topological polar surface area (TPSA) is 75.6 Å². The zero-order valence-corrected chi connectivity index (χ0v) is 12.2. The second-order valence-corrected chi connectivity index (χ2v) is 5.70. The van der Waals surface area contributed by atoms with Crippen LogP contribution in [0.4, 0.5) is 5.69 Å². The summed E-state index contributed by atoms with van der Waals surface area (Å²) in [6, 6.07) is 7.20. The van der Waals surface area contributed by atoms with Gasteiger partial charge in [-0.25, -0.2) is 0 Å². The third kappa shape index (κ3) is 3.97. The Morgan fingerprint density at radius 3 is 2.52 bits per heavy atom. The maximum atomic E-state index is 12.3. The second kappa shape index (κ2) is 6.61. The van der Waals surface area contributed by atoms with E-state index in [1.165, 1.54) is 0 Å². The summed E-state index contributed by atoms with van der Waals surface area (Å²) in [5.74, 6) is -0.380. The molecule has 0 atom stereocenters. The molecule has 0 radical (unpaired) electrons. The van der Waals surface area contributed by atoms with Crippen molar-refractivity contribution in [3.63, 3.8) is 0 Å². The third-order valence-corrected chi connectivity index (χ3v) is 4.11. The van der Waals surface area contributed by atoms with Gasteiger partial charge in [0.05, 0.1) is 19.2 Å². The number of rotatable bonds is 6. The van der Waals surface area contributed by atoms with Crippen LogP contribution in [0.3, 0.4) is 0 Å². The van der Waals surface area contributed by atoms with Gasteiger partial charge in [-0.2, -0.15) is 0 Å². The number of carboxylic acid groups (broad SMARTS) is 1. The molecule has 1 aliphatic carbocycles. The van der Waals surface area contributed by atoms with Crippen LogP contribution in [0.15, 0.2) is 24.3 Å². The van der Waals surface area contributed by atoms with Crippen molar-refractivity contribution < 1.29 is 19.4 Å². The van der Waals surface area contributed by atoms with E-state index in [9.17, 15) is 9.59 Å². The van der Waals surface area contributed by atoms with Crippen LogP contribution in [0.2, 0.25) is 0 Å². The molecule has 5 heteroatoms. The van der Waals surface area contributed by atoms with Gasteiger partial charge in [-0.15, -0.1) is 0 Å². The summed E-state index contributed by atoms with van der Waals surface area (Å²) in [6.45, 7) is 0.